The standard InChI is InChI=1S/C18H13ClFN3OS2/c19-15-4-2-1-3-13(15)7-10-16(24)21-17-22-18(23-26-17)25-11-12-5-8-14(20)9-6-12/h1-10H,11H2,(H,21,22,23,24)/b10-7+. The largest absolute Gasteiger partial charge is 0.297 e. The lowest BCUT2D eigenvalue weighted by molar-refractivity contribution is -0.111. The molecule has 26 heavy (non-hydrogen) atoms. The van der Waals surface area contributed by atoms with Crippen LogP contribution in [0.25, 0.3) is 6.08 Å². The molecule has 3 rings (SSSR count). The van der Waals surface area contributed by atoms with E-state index in [0.717, 1.165) is 22.7 Å². The van der Waals surface area contributed by atoms with E-state index >= 15 is 0 Å². The van der Waals surface area contributed by atoms with Crippen LogP contribution in [-0.2, 0) is 10.5 Å². The Morgan fingerprint density at radius 1 is 1.23 bits per heavy atom. The van der Waals surface area contributed by atoms with Crippen molar-refractivity contribution in [2.24, 2.45) is 0 Å². The lowest BCUT2D eigenvalue weighted by Gasteiger charge is -1.98. The van der Waals surface area contributed by atoms with Gasteiger partial charge in [-0.1, -0.05) is 53.7 Å². The van der Waals surface area contributed by atoms with Gasteiger partial charge in [0.15, 0.2) is 0 Å². The molecule has 0 unspecified atom stereocenters. The maximum atomic E-state index is 12.9. The van der Waals surface area contributed by atoms with Crippen LogP contribution in [0.5, 0.6) is 0 Å². The monoisotopic (exact) mass is 405 g/mol. The Bertz CT molecular complexity index is 928. The van der Waals surface area contributed by atoms with Gasteiger partial charge >= 0.3 is 0 Å². The second kappa shape index (κ2) is 8.93. The minimum atomic E-state index is -0.309. The fraction of sp³-hybridized carbons (Fsp3) is 0.0556. The highest BCUT2D eigenvalue weighted by Crippen LogP contribution is 2.24. The molecule has 0 aliphatic heterocycles. The lowest BCUT2D eigenvalue weighted by Crippen LogP contribution is -2.07. The van der Waals surface area contributed by atoms with Crippen LogP contribution in [0.1, 0.15) is 11.1 Å². The summed E-state index contributed by atoms with van der Waals surface area (Å²) in [5.41, 5.74) is 1.73. The van der Waals surface area contributed by atoms with Gasteiger partial charge in [-0.2, -0.15) is 9.36 Å². The number of carbonyl (C=O) groups excluding carboxylic acids is 1. The van der Waals surface area contributed by atoms with Crippen LogP contribution in [0.4, 0.5) is 9.52 Å². The first-order chi connectivity index (χ1) is 12.6. The van der Waals surface area contributed by atoms with E-state index in [-0.39, 0.29) is 11.7 Å². The second-order valence-electron chi connectivity index (χ2n) is 5.14. The van der Waals surface area contributed by atoms with Gasteiger partial charge in [0.05, 0.1) is 0 Å². The zero-order valence-electron chi connectivity index (χ0n) is 13.4. The Hall–Kier alpha value is -2.22. The average molecular weight is 406 g/mol. The van der Waals surface area contributed by atoms with Crippen molar-refractivity contribution >= 4 is 52.0 Å². The van der Waals surface area contributed by atoms with Crippen molar-refractivity contribution in [1.82, 2.24) is 9.36 Å². The predicted molar refractivity (Wildman–Crippen MR) is 105 cm³/mol. The molecule has 0 aliphatic carbocycles. The van der Waals surface area contributed by atoms with Crippen LogP contribution < -0.4 is 5.32 Å². The highest BCUT2D eigenvalue weighted by atomic mass is 35.5. The molecular formula is C18H13ClFN3OS2. The highest BCUT2D eigenvalue weighted by Gasteiger charge is 2.07. The molecule has 0 aliphatic rings. The van der Waals surface area contributed by atoms with Crippen molar-refractivity contribution in [2.45, 2.75) is 10.9 Å². The summed E-state index contributed by atoms with van der Waals surface area (Å²) in [7, 11) is 0. The number of carbonyl (C=O) groups is 1. The fourth-order valence-corrected chi connectivity index (χ4v) is 3.67. The molecule has 8 heteroatoms. The van der Waals surface area contributed by atoms with Crippen LogP contribution in [-0.4, -0.2) is 15.3 Å². The molecule has 3 aromatic rings. The van der Waals surface area contributed by atoms with Gasteiger partial charge in [-0.05, 0) is 35.4 Å². The van der Waals surface area contributed by atoms with E-state index in [2.05, 4.69) is 14.7 Å². The first-order valence-corrected chi connectivity index (χ1v) is 9.68. The predicted octanol–water partition coefficient (Wildman–Crippen LogP) is 5.27. The number of thioether (sulfide) groups is 1. The van der Waals surface area contributed by atoms with E-state index in [4.69, 9.17) is 11.6 Å². The number of nitrogens with one attached hydrogen (secondary N) is 1. The molecule has 0 atom stereocenters. The molecule has 0 spiro atoms. The number of hydrogen-bond acceptors (Lipinski definition) is 5. The first-order valence-electron chi connectivity index (χ1n) is 7.55. The third-order valence-electron chi connectivity index (χ3n) is 3.24. The maximum absolute atomic E-state index is 12.9. The van der Waals surface area contributed by atoms with Crippen LogP contribution in [0, 0.1) is 5.82 Å². The number of nitrogens with zero attached hydrogens (tertiary/aromatic N) is 2. The number of rotatable bonds is 6. The van der Waals surface area contributed by atoms with E-state index in [1.165, 1.54) is 30.0 Å². The van der Waals surface area contributed by atoms with Gasteiger partial charge in [0, 0.05) is 28.4 Å². The Kier molecular flexibility index (Phi) is 6.38. The Morgan fingerprint density at radius 2 is 2.00 bits per heavy atom. The normalized spacial score (nSPS) is 11.0. The van der Waals surface area contributed by atoms with Gasteiger partial charge in [-0.25, -0.2) is 4.39 Å². The molecule has 0 saturated heterocycles. The summed E-state index contributed by atoms with van der Waals surface area (Å²) in [6, 6.07) is 13.5. The number of aromatic nitrogens is 2. The molecule has 1 aromatic heterocycles. The SMILES string of the molecule is O=C(/C=C/c1ccccc1Cl)Nc1nc(SCc2ccc(F)cc2)ns1. The molecular weight excluding hydrogens is 393 g/mol. The summed E-state index contributed by atoms with van der Waals surface area (Å²) in [5.74, 6) is 0.0492. The maximum Gasteiger partial charge on any atom is 0.250 e. The summed E-state index contributed by atoms with van der Waals surface area (Å²) in [6.45, 7) is 0. The van der Waals surface area contributed by atoms with Gasteiger partial charge in [0.2, 0.25) is 16.2 Å². The lowest BCUT2D eigenvalue weighted by atomic mass is 10.2. The number of hydrogen-bond donors (Lipinski definition) is 1. The minimum absolute atomic E-state index is 0.264. The molecule has 0 radical (unpaired) electrons. The van der Waals surface area contributed by atoms with Crippen molar-refractivity contribution in [2.75, 3.05) is 5.32 Å². The van der Waals surface area contributed by atoms with Crippen LogP contribution >= 0.6 is 34.9 Å². The van der Waals surface area contributed by atoms with E-state index in [1.54, 1.807) is 24.3 Å². The van der Waals surface area contributed by atoms with Gasteiger partial charge in [0.25, 0.3) is 0 Å². The zero-order chi connectivity index (χ0) is 18.4. The first kappa shape index (κ1) is 18.6. The summed E-state index contributed by atoms with van der Waals surface area (Å²) in [6.07, 6.45) is 3.04. The summed E-state index contributed by atoms with van der Waals surface area (Å²) < 4.78 is 17.1. The average Bonchev–Trinajstić information content (AvgIpc) is 3.08. The molecule has 0 bridgehead atoms. The van der Waals surface area contributed by atoms with Gasteiger partial charge in [-0.3, -0.25) is 10.1 Å². The summed E-state index contributed by atoms with van der Waals surface area (Å²) in [5, 5.41) is 4.22. The van der Waals surface area contributed by atoms with Crippen molar-refractivity contribution in [3.8, 4) is 0 Å². The van der Waals surface area contributed by atoms with Crippen molar-refractivity contribution in [3.05, 3.63) is 76.6 Å². The van der Waals surface area contributed by atoms with E-state index < -0.39 is 0 Å². The van der Waals surface area contributed by atoms with Crippen LogP contribution in [0.15, 0.2) is 59.8 Å². The Labute approximate surface area is 163 Å². The topological polar surface area (TPSA) is 54.9 Å². The summed E-state index contributed by atoms with van der Waals surface area (Å²) >= 11 is 8.56. The number of halogens is 2. The molecule has 1 heterocycles. The number of anilines is 1. The number of benzene rings is 2. The van der Waals surface area contributed by atoms with Crippen LogP contribution in [0.3, 0.4) is 0 Å². The minimum Gasteiger partial charge on any atom is -0.297 e. The van der Waals surface area contributed by atoms with Gasteiger partial charge in [-0.15, -0.1) is 0 Å². The number of amides is 1. The Morgan fingerprint density at radius 3 is 2.77 bits per heavy atom. The Balaban J connectivity index is 1.53. The molecule has 1 amide bonds. The van der Waals surface area contributed by atoms with Crippen molar-refractivity contribution in [3.63, 3.8) is 0 Å². The zero-order valence-corrected chi connectivity index (χ0v) is 15.7. The highest BCUT2D eigenvalue weighted by molar-refractivity contribution is 7.98. The van der Waals surface area contributed by atoms with E-state index in [1.807, 2.05) is 18.2 Å². The molecule has 0 fully saturated rings. The van der Waals surface area contributed by atoms with Crippen molar-refractivity contribution < 1.29 is 9.18 Å². The molecule has 2 aromatic carbocycles. The van der Waals surface area contributed by atoms with Crippen LogP contribution in [0.2, 0.25) is 5.02 Å². The quantitative estimate of drug-likeness (QED) is 0.448. The molecule has 4 nitrogen and oxygen atoms in total. The third kappa shape index (κ3) is 5.39. The smallest absolute Gasteiger partial charge is 0.250 e. The van der Waals surface area contributed by atoms with Crippen molar-refractivity contribution in [1.29, 1.82) is 0 Å². The fourth-order valence-electron chi connectivity index (χ4n) is 1.97. The molecule has 132 valence electrons. The third-order valence-corrected chi connectivity index (χ3v) is 5.25. The second-order valence-corrected chi connectivity index (χ2v) is 7.24. The van der Waals surface area contributed by atoms with Gasteiger partial charge < -0.3 is 0 Å². The summed E-state index contributed by atoms with van der Waals surface area (Å²) in [4.78, 5) is 16.2. The van der Waals surface area contributed by atoms with E-state index in [0.29, 0.717) is 21.1 Å². The molecule has 0 saturated carbocycles. The molecule has 1 N–H and O–H groups in total. The van der Waals surface area contributed by atoms with Gasteiger partial charge in [0.1, 0.15) is 5.82 Å². The van der Waals surface area contributed by atoms with E-state index in [9.17, 15) is 9.18 Å².